The Hall–Kier alpha value is -2.88. The van der Waals surface area contributed by atoms with Crippen LogP contribution < -0.4 is 4.74 Å². The predicted octanol–water partition coefficient (Wildman–Crippen LogP) is 3.53. The predicted molar refractivity (Wildman–Crippen MR) is 114 cm³/mol. The number of benzene rings is 2. The van der Waals surface area contributed by atoms with Gasteiger partial charge in [0.1, 0.15) is 11.5 Å². The average molecular weight is 405 g/mol. The summed E-state index contributed by atoms with van der Waals surface area (Å²) < 4.78 is 11.3. The van der Waals surface area contributed by atoms with Gasteiger partial charge in [-0.1, -0.05) is 6.07 Å². The van der Waals surface area contributed by atoms with Crippen molar-refractivity contribution < 1.29 is 14.3 Å². The molecule has 1 atom stereocenters. The summed E-state index contributed by atoms with van der Waals surface area (Å²) >= 11 is 0. The molecular formula is C24H27N3O3. The van der Waals surface area contributed by atoms with Crippen LogP contribution in [0.5, 0.6) is 11.5 Å². The Kier molecular flexibility index (Phi) is 6.63. The first-order valence-electron chi connectivity index (χ1n) is 10.6. The first kappa shape index (κ1) is 20.4. The number of rotatable bonds is 5. The zero-order valence-corrected chi connectivity index (χ0v) is 17.1. The van der Waals surface area contributed by atoms with Gasteiger partial charge in [-0.3, -0.25) is 9.69 Å². The molecule has 30 heavy (non-hydrogen) atoms. The number of ether oxygens (including phenoxy) is 2. The molecule has 2 aromatic carbocycles. The van der Waals surface area contributed by atoms with Crippen molar-refractivity contribution in [1.82, 2.24) is 9.80 Å². The molecule has 2 aliphatic heterocycles. The first-order valence-corrected chi connectivity index (χ1v) is 10.6. The van der Waals surface area contributed by atoms with Gasteiger partial charge in [0.05, 0.1) is 24.8 Å². The van der Waals surface area contributed by atoms with E-state index in [0.29, 0.717) is 28.5 Å². The van der Waals surface area contributed by atoms with Crippen LogP contribution in [0.3, 0.4) is 0 Å². The van der Waals surface area contributed by atoms with Crippen molar-refractivity contribution in [2.75, 3.05) is 45.9 Å². The van der Waals surface area contributed by atoms with Gasteiger partial charge in [-0.05, 0) is 61.2 Å². The second kappa shape index (κ2) is 9.75. The molecule has 4 rings (SSSR count). The Balaban J connectivity index is 1.38. The molecule has 6 heteroatoms. The van der Waals surface area contributed by atoms with Gasteiger partial charge in [0, 0.05) is 38.3 Å². The third-order valence-corrected chi connectivity index (χ3v) is 5.73. The normalized spacial score (nSPS) is 19.8. The van der Waals surface area contributed by atoms with E-state index >= 15 is 0 Å². The van der Waals surface area contributed by atoms with Crippen molar-refractivity contribution in [3.63, 3.8) is 0 Å². The smallest absolute Gasteiger partial charge is 0.253 e. The fourth-order valence-electron chi connectivity index (χ4n) is 4.16. The van der Waals surface area contributed by atoms with E-state index in [-0.39, 0.29) is 5.91 Å². The highest BCUT2D eigenvalue weighted by Gasteiger charge is 2.26. The van der Waals surface area contributed by atoms with E-state index in [1.165, 1.54) is 6.42 Å². The number of hydrogen-bond acceptors (Lipinski definition) is 5. The molecule has 156 valence electrons. The van der Waals surface area contributed by atoms with Crippen LogP contribution in [0.25, 0.3) is 0 Å². The Labute approximate surface area is 177 Å². The number of carbonyl (C=O) groups excluding carboxylic acids is 1. The number of hydrogen-bond donors (Lipinski definition) is 0. The van der Waals surface area contributed by atoms with Gasteiger partial charge >= 0.3 is 0 Å². The van der Waals surface area contributed by atoms with Crippen LogP contribution in [-0.2, 0) is 4.74 Å². The number of nitriles is 1. The lowest BCUT2D eigenvalue weighted by Gasteiger charge is -2.36. The highest BCUT2D eigenvalue weighted by Crippen LogP contribution is 2.25. The first-order chi connectivity index (χ1) is 14.7. The summed E-state index contributed by atoms with van der Waals surface area (Å²) in [7, 11) is 0. The van der Waals surface area contributed by atoms with Crippen LogP contribution in [0.1, 0.15) is 28.8 Å². The maximum atomic E-state index is 13.1. The molecule has 1 unspecified atom stereocenters. The molecular weight excluding hydrogens is 378 g/mol. The summed E-state index contributed by atoms with van der Waals surface area (Å²) in [4.78, 5) is 17.6. The Morgan fingerprint density at radius 3 is 2.67 bits per heavy atom. The molecule has 2 aliphatic rings. The Bertz CT molecular complexity index is 901. The summed E-state index contributed by atoms with van der Waals surface area (Å²) in [5.41, 5.74) is 1.23. The van der Waals surface area contributed by atoms with E-state index in [4.69, 9.17) is 14.7 Å². The molecule has 0 aliphatic carbocycles. The topological polar surface area (TPSA) is 65.8 Å². The fourth-order valence-corrected chi connectivity index (χ4v) is 4.16. The lowest BCUT2D eigenvalue weighted by atomic mass is 9.96. The van der Waals surface area contributed by atoms with Crippen LogP contribution >= 0.6 is 0 Å². The minimum absolute atomic E-state index is 0.0620. The van der Waals surface area contributed by atoms with Gasteiger partial charge in [0.15, 0.2) is 0 Å². The summed E-state index contributed by atoms with van der Waals surface area (Å²) in [5.74, 6) is 1.83. The molecule has 0 bridgehead atoms. The molecule has 2 aromatic rings. The molecule has 0 spiro atoms. The third-order valence-electron chi connectivity index (χ3n) is 5.73. The lowest BCUT2D eigenvalue weighted by Crippen LogP contribution is -2.46. The number of nitrogens with zero attached hydrogens (tertiary/aromatic N) is 3. The van der Waals surface area contributed by atoms with E-state index in [2.05, 4.69) is 11.0 Å². The van der Waals surface area contributed by atoms with Crippen LogP contribution in [0.15, 0.2) is 48.5 Å². The zero-order chi connectivity index (χ0) is 20.8. The van der Waals surface area contributed by atoms with E-state index < -0.39 is 0 Å². The number of likely N-dealkylation sites (tertiary alicyclic amines) is 1. The van der Waals surface area contributed by atoms with E-state index in [9.17, 15) is 4.79 Å². The number of carbonyl (C=O) groups is 1. The van der Waals surface area contributed by atoms with Crippen molar-refractivity contribution in [1.29, 1.82) is 5.26 Å². The monoisotopic (exact) mass is 405 g/mol. The lowest BCUT2D eigenvalue weighted by molar-refractivity contribution is 0.0224. The quantitative estimate of drug-likeness (QED) is 0.761. The van der Waals surface area contributed by atoms with Crippen LogP contribution in [0.2, 0.25) is 0 Å². The summed E-state index contributed by atoms with van der Waals surface area (Å²) in [6.07, 6.45) is 2.21. The van der Waals surface area contributed by atoms with Crippen LogP contribution in [0.4, 0.5) is 0 Å². The van der Waals surface area contributed by atoms with Crippen molar-refractivity contribution in [3.8, 4) is 17.6 Å². The van der Waals surface area contributed by atoms with E-state index in [1.807, 2.05) is 23.1 Å². The average Bonchev–Trinajstić information content (AvgIpc) is 2.80. The van der Waals surface area contributed by atoms with E-state index in [1.54, 1.807) is 30.3 Å². The molecule has 0 saturated carbocycles. The van der Waals surface area contributed by atoms with Crippen molar-refractivity contribution in [2.24, 2.45) is 5.92 Å². The second-order valence-electron chi connectivity index (χ2n) is 7.94. The molecule has 2 saturated heterocycles. The summed E-state index contributed by atoms with van der Waals surface area (Å²) in [6, 6.07) is 16.4. The van der Waals surface area contributed by atoms with Gasteiger partial charge in [-0.2, -0.15) is 5.26 Å². The van der Waals surface area contributed by atoms with Crippen molar-refractivity contribution in [2.45, 2.75) is 12.8 Å². The van der Waals surface area contributed by atoms with Gasteiger partial charge in [-0.15, -0.1) is 0 Å². The highest BCUT2D eigenvalue weighted by atomic mass is 16.5. The van der Waals surface area contributed by atoms with Crippen LogP contribution in [0, 0.1) is 17.2 Å². The number of morpholine rings is 1. The number of piperidine rings is 1. The molecule has 0 N–H and O–H groups in total. The van der Waals surface area contributed by atoms with E-state index in [0.717, 1.165) is 52.4 Å². The summed E-state index contributed by atoms with van der Waals surface area (Å²) in [6.45, 7) is 6.23. The maximum absolute atomic E-state index is 13.1. The molecule has 1 amide bonds. The number of amides is 1. The largest absolute Gasteiger partial charge is 0.457 e. The van der Waals surface area contributed by atoms with Gasteiger partial charge in [0.2, 0.25) is 0 Å². The van der Waals surface area contributed by atoms with Gasteiger partial charge < -0.3 is 14.4 Å². The Morgan fingerprint density at radius 1 is 1.10 bits per heavy atom. The van der Waals surface area contributed by atoms with Crippen LogP contribution in [-0.4, -0.2) is 61.6 Å². The van der Waals surface area contributed by atoms with Gasteiger partial charge in [0.25, 0.3) is 5.91 Å². The summed E-state index contributed by atoms with van der Waals surface area (Å²) in [5, 5.41) is 8.91. The Morgan fingerprint density at radius 2 is 1.90 bits per heavy atom. The SMILES string of the molecule is N#Cc1ccc(Oc2cccc(C(=O)N3CCCC(CN4CCOCC4)C3)c2)cc1. The molecule has 0 aromatic heterocycles. The standard InChI is InChI=1S/C24H27N3O3/c25-16-19-6-8-22(9-7-19)30-23-5-1-4-21(15-23)24(28)27-10-2-3-20(18-27)17-26-11-13-29-14-12-26/h1,4-9,15,20H,2-3,10-14,17-18H2. The fraction of sp³-hybridized carbons (Fsp3) is 0.417. The zero-order valence-electron chi connectivity index (χ0n) is 17.1. The molecule has 2 fully saturated rings. The minimum atomic E-state index is 0.0620. The maximum Gasteiger partial charge on any atom is 0.253 e. The third kappa shape index (κ3) is 5.18. The molecule has 2 heterocycles. The second-order valence-corrected chi connectivity index (χ2v) is 7.94. The molecule has 6 nitrogen and oxygen atoms in total. The van der Waals surface area contributed by atoms with Crippen molar-refractivity contribution in [3.05, 3.63) is 59.7 Å². The highest BCUT2D eigenvalue weighted by molar-refractivity contribution is 5.94. The minimum Gasteiger partial charge on any atom is -0.457 e. The molecule has 0 radical (unpaired) electrons. The van der Waals surface area contributed by atoms with Crippen molar-refractivity contribution >= 4 is 5.91 Å². The van der Waals surface area contributed by atoms with Gasteiger partial charge in [-0.25, -0.2) is 0 Å².